The van der Waals surface area contributed by atoms with Gasteiger partial charge in [-0.2, -0.15) is 0 Å². The summed E-state index contributed by atoms with van der Waals surface area (Å²) in [6, 6.07) is 0. The number of aromatic nitrogens is 2. The molecule has 0 saturated heterocycles. The number of anilines is 1. The predicted molar refractivity (Wildman–Crippen MR) is 77.0 cm³/mol. The van der Waals surface area contributed by atoms with Gasteiger partial charge in [0.1, 0.15) is 0 Å². The van der Waals surface area contributed by atoms with E-state index >= 15 is 0 Å². The molecule has 0 aliphatic heterocycles. The Morgan fingerprint density at radius 1 is 1.58 bits per heavy atom. The molecule has 106 valence electrons. The van der Waals surface area contributed by atoms with Crippen molar-refractivity contribution in [3.63, 3.8) is 0 Å². The van der Waals surface area contributed by atoms with Gasteiger partial charge in [-0.1, -0.05) is 0 Å². The molecule has 0 aliphatic rings. The van der Waals surface area contributed by atoms with Gasteiger partial charge in [-0.3, -0.25) is 4.40 Å². The van der Waals surface area contributed by atoms with Crippen LogP contribution in [0.3, 0.4) is 0 Å². The van der Waals surface area contributed by atoms with E-state index in [1.54, 1.807) is 18.4 Å². The molecule has 0 aliphatic carbocycles. The zero-order chi connectivity index (χ0) is 13.7. The molecule has 2 aromatic heterocycles. The van der Waals surface area contributed by atoms with Crippen LogP contribution in [0.5, 0.6) is 0 Å². The van der Waals surface area contributed by atoms with E-state index in [9.17, 15) is 0 Å². The van der Waals surface area contributed by atoms with Crippen LogP contribution in [-0.4, -0.2) is 55.0 Å². The van der Waals surface area contributed by atoms with Crippen molar-refractivity contribution < 1.29 is 9.84 Å². The normalized spacial score (nSPS) is 11.3. The van der Waals surface area contributed by atoms with Crippen molar-refractivity contribution in [2.75, 3.05) is 45.4 Å². The number of hydrogen-bond donors (Lipinski definition) is 2. The van der Waals surface area contributed by atoms with Crippen LogP contribution in [-0.2, 0) is 11.3 Å². The lowest BCUT2D eigenvalue weighted by atomic mass is 10.3. The van der Waals surface area contributed by atoms with Crippen molar-refractivity contribution in [2.24, 2.45) is 0 Å². The molecular weight excluding hydrogens is 264 g/mol. The van der Waals surface area contributed by atoms with E-state index in [0.717, 1.165) is 29.6 Å². The fourth-order valence-electron chi connectivity index (χ4n) is 1.93. The minimum absolute atomic E-state index is 0.123. The van der Waals surface area contributed by atoms with Crippen molar-refractivity contribution in [3.05, 3.63) is 17.3 Å². The van der Waals surface area contributed by atoms with Gasteiger partial charge >= 0.3 is 0 Å². The van der Waals surface area contributed by atoms with Gasteiger partial charge in [0.05, 0.1) is 18.9 Å². The average molecular weight is 284 g/mol. The first-order valence-corrected chi connectivity index (χ1v) is 7.12. The van der Waals surface area contributed by atoms with Gasteiger partial charge in [0.2, 0.25) is 0 Å². The first kappa shape index (κ1) is 14.3. The number of imidazole rings is 1. The number of ether oxygens (including phenoxy) is 1. The lowest BCUT2D eigenvalue weighted by Gasteiger charge is -2.17. The van der Waals surface area contributed by atoms with Gasteiger partial charge in [0, 0.05) is 45.4 Å². The number of likely N-dealkylation sites (N-methyl/N-ethyl adjacent to an activating group) is 1. The second kappa shape index (κ2) is 6.85. The van der Waals surface area contributed by atoms with Crippen molar-refractivity contribution in [2.45, 2.75) is 6.54 Å². The van der Waals surface area contributed by atoms with Gasteiger partial charge in [-0.15, -0.1) is 11.3 Å². The summed E-state index contributed by atoms with van der Waals surface area (Å²) in [4.78, 5) is 7.57. The SMILES string of the molecule is COCCNCc1c(N(C)CCO)nc2sccn12. The monoisotopic (exact) mass is 284 g/mol. The Kier molecular flexibility index (Phi) is 5.15. The summed E-state index contributed by atoms with van der Waals surface area (Å²) in [5.41, 5.74) is 1.11. The van der Waals surface area contributed by atoms with E-state index in [4.69, 9.17) is 9.84 Å². The summed E-state index contributed by atoms with van der Waals surface area (Å²) >= 11 is 1.61. The lowest BCUT2D eigenvalue weighted by molar-refractivity contribution is 0.199. The van der Waals surface area contributed by atoms with E-state index in [1.165, 1.54) is 0 Å². The molecule has 2 heterocycles. The smallest absolute Gasteiger partial charge is 0.195 e. The molecule has 0 amide bonds. The number of hydrogen-bond acceptors (Lipinski definition) is 6. The standard InChI is InChI=1S/C12H20N4O2S/c1-15(4-6-17)11-10(9-13-3-7-18-2)16-5-8-19-12(16)14-11/h5,8,13,17H,3-4,6-7,9H2,1-2H3. The molecular formula is C12H20N4O2S. The van der Waals surface area contributed by atoms with Crippen molar-refractivity contribution in [1.82, 2.24) is 14.7 Å². The third-order valence-electron chi connectivity index (χ3n) is 2.91. The van der Waals surface area contributed by atoms with Gasteiger partial charge in [-0.05, 0) is 0 Å². The van der Waals surface area contributed by atoms with Crippen LogP contribution in [0.2, 0.25) is 0 Å². The second-order valence-corrected chi connectivity index (χ2v) is 5.13. The molecule has 0 fully saturated rings. The van der Waals surface area contributed by atoms with Crippen LogP contribution in [0.4, 0.5) is 5.82 Å². The maximum atomic E-state index is 9.05. The third kappa shape index (κ3) is 3.24. The van der Waals surface area contributed by atoms with Crippen molar-refractivity contribution in [3.8, 4) is 0 Å². The Morgan fingerprint density at radius 3 is 3.16 bits per heavy atom. The van der Waals surface area contributed by atoms with E-state index in [0.29, 0.717) is 13.2 Å². The predicted octanol–water partition coefficient (Wildman–Crippen LogP) is 0.560. The highest BCUT2D eigenvalue weighted by atomic mass is 32.1. The summed E-state index contributed by atoms with van der Waals surface area (Å²) in [5, 5.41) is 14.4. The Bertz CT molecular complexity index is 511. The minimum Gasteiger partial charge on any atom is -0.395 e. The van der Waals surface area contributed by atoms with E-state index in [1.807, 2.05) is 23.5 Å². The number of thiazole rings is 1. The van der Waals surface area contributed by atoms with Crippen LogP contribution in [0.25, 0.3) is 4.96 Å². The van der Waals surface area contributed by atoms with Gasteiger partial charge in [-0.25, -0.2) is 4.98 Å². The van der Waals surface area contributed by atoms with E-state index < -0.39 is 0 Å². The molecule has 7 heteroatoms. The number of nitrogens with one attached hydrogen (secondary N) is 1. The number of aliphatic hydroxyl groups is 1. The minimum atomic E-state index is 0.123. The molecule has 2 aromatic rings. The van der Waals surface area contributed by atoms with Gasteiger partial charge < -0.3 is 20.1 Å². The second-order valence-electron chi connectivity index (χ2n) is 4.25. The average Bonchev–Trinajstić information content (AvgIpc) is 2.96. The Hall–Kier alpha value is -1.15. The van der Waals surface area contributed by atoms with E-state index in [2.05, 4.69) is 14.7 Å². The number of aliphatic hydroxyl groups excluding tert-OH is 1. The zero-order valence-corrected chi connectivity index (χ0v) is 12.1. The topological polar surface area (TPSA) is 62.0 Å². The fraction of sp³-hybridized carbons (Fsp3) is 0.583. The molecule has 6 nitrogen and oxygen atoms in total. The van der Waals surface area contributed by atoms with Crippen molar-refractivity contribution in [1.29, 1.82) is 0 Å². The number of fused-ring (bicyclic) bond motifs is 1. The highest BCUT2D eigenvalue weighted by Gasteiger charge is 2.15. The molecule has 0 atom stereocenters. The van der Waals surface area contributed by atoms with Gasteiger partial charge in [0.25, 0.3) is 0 Å². The first-order valence-electron chi connectivity index (χ1n) is 6.24. The highest BCUT2D eigenvalue weighted by molar-refractivity contribution is 7.15. The largest absolute Gasteiger partial charge is 0.395 e. The number of nitrogens with zero attached hydrogens (tertiary/aromatic N) is 3. The Labute approximate surface area is 116 Å². The van der Waals surface area contributed by atoms with Crippen LogP contribution < -0.4 is 10.2 Å². The van der Waals surface area contributed by atoms with Crippen LogP contribution in [0.15, 0.2) is 11.6 Å². The fourth-order valence-corrected chi connectivity index (χ4v) is 2.66. The highest BCUT2D eigenvalue weighted by Crippen LogP contribution is 2.23. The molecule has 0 bridgehead atoms. The van der Waals surface area contributed by atoms with E-state index in [-0.39, 0.29) is 6.61 Å². The van der Waals surface area contributed by atoms with Crippen LogP contribution in [0.1, 0.15) is 5.69 Å². The summed E-state index contributed by atoms with van der Waals surface area (Å²) in [6.45, 7) is 2.92. The summed E-state index contributed by atoms with van der Waals surface area (Å²) in [7, 11) is 3.64. The quantitative estimate of drug-likeness (QED) is 0.694. The van der Waals surface area contributed by atoms with Gasteiger partial charge in [0.15, 0.2) is 10.8 Å². The maximum Gasteiger partial charge on any atom is 0.195 e. The van der Waals surface area contributed by atoms with Crippen LogP contribution in [0, 0.1) is 0 Å². The van der Waals surface area contributed by atoms with Crippen LogP contribution >= 0.6 is 11.3 Å². The summed E-state index contributed by atoms with van der Waals surface area (Å²) in [6.07, 6.45) is 2.02. The third-order valence-corrected chi connectivity index (χ3v) is 3.67. The Morgan fingerprint density at radius 2 is 2.42 bits per heavy atom. The molecule has 0 aromatic carbocycles. The lowest BCUT2D eigenvalue weighted by Crippen LogP contribution is -2.25. The molecule has 0 spiro atoms. The number of methoxy groups -OCH3 is 1. The zero-order valence-electron chi connectivity index (χ0n) is 11.3. The molecule has 19 heavy (non-hydrogen) atoms. The number of rotatable bonds is 8. The molecule has 2 rings (SSSR count). The van der Waals surface area contributed by atoms with Crippen molar-refractivity contribution >= 4 is 22.1 Å². The first-order chi connectivity index (χ1) is 9.27. The molecule has 0 saturated carbocycles. The molecule has 0 radical (unpaired) electrons. The summed E-state index contributed by atoms with van der Waals surface area (Å²) in [5.74, 6) is 0.922. The maximum absolute atomic E-state index is 9.05. The summed E-state index contributed by atoms with van der Waals surface area (Å²) < 4.78 is 7.11. The Balaban J connectivity index is 2.16. The molecule has 0 unspecified atom stereocenters. The molecule has 2 N–H and O–H groups in total.